The van der Waals surface area contributed by atoms with E-state index < -0.39 is 0 Å². The molecule has 1 aromatic heterocycles. The Bertz CT molecular complexity index is 438. The fourth-order valence-electron chi connectivity index (χ4n) is 1.85. The third kappa shape index (κ3) is 1.24. The Hall–Kier alpha value is -1.24. The molecular formula is C12H15N. The van der Waals surface area contributed by atoms with Gasteiger partial charge in [0.25, 0.3) is 0 Å². The lowest BCUT2D eigenvalue weighted by atomic mass is 10.1. The molecule has 0 N–H and O–H groups in total. The maximum atomic E-state index is 2.30. The highest BCUT2D eigenvalue weighted by atomic mass is 14.9. The molecule has 0 saturated carbocycles. The lowest BCUT2D eigenvalue weighted by Crippen LogP contribution is -1.89. The number of rotatable bonds is 1. The summed E-state index contributed by atoms with van der Waals surface area (Å²) in [6, 6.07) is 6.64. The Balaban J connectivity index is 2.80. The van der Waals surface area contributed by atoms with Crippen molar-refractivity contribution in [2.45, 2.75) is 27.3 Å². The van der Waals surface area contributed by atoms with Gasteiger partial charge in [0, 0.05) is 23.6 Å². The molecule has 0 radical (unpaired) electrons. The Morgan fingerprint density at radius 3 is 2.69 bits per heavy atom. The second-order valence-electron chi connectivity index (χ2n) is 3.62. The molecule has 1 nitrogen and oxygen atoms in total. The summed E-state index contributed by atoms with van der Waals surface area (Å²) < 4.78 is 2.30. The van der Waals surface area contributed by atoms with Gasteiger partial charge in [0.05, 0.1) is 0 Å². The van der Waals surface area contributed by atoms with E-state index in [0.29, 0.717) is 0 Å². The van der Waals surface area contributed by atoms with Gasteiger partial charge in [-0.3, -0.25) is 0 Å². The number of aromatic nitrogens is 1. The van der Waals surface area contributed by atoms with Crippen molar-refractivity contribution in [1.29, 1.82) is 0 Å². The van der Waals surface area contributed by atoms with Crippen molar-refractivity contribution in [2.75, 3.05) is 0 Å². The van der Waals surface area contributed by atoms with Crippen molar-refractivity contribution in [3.63, 3.8) is 0 Å². The highest BCUT2D eigenvalue weighted by Crippen LogP contribution is 2.21. The van der Waals surface area contributed by atoms with E-state index in [2.05, 4.69) is 49.7 Å². The summed E-state index contributed by atoms with van der Waals surface area (Å²) >= 11 is 0. The van der Waals surface area contributed by atoms with Crippen molar-refractivity contribution in [3.05, 3.63) is 35.5 Å². The van der Waals surface area contributed by atoms with Crippen molar-refractivity contribution in [1.82, 2.24) is 4.57 Å². The van der Waals surface area contributed by atoms with Gasteiger partial charge in [0.15, 0.2) is 0 Å². The molecule has 0 amide bonds. The van der Waals surface area contributed by atoms with E-state index >= 15 is 0 Å². The van der Waals surface area contributed by atoms with Crippen LogP contribution in [0.15, 0.2) is 24.4 Å². The first-order valence-electron chi connectivity index (χ1n) is 4.78. The van der Waals surface area contributed by atoms with Gasteiger partial charge in [-0.1, -0.05) is 11.6 Å². The van der Waals surface area contributed by atoms with E-state index in [1.807, 2.05) is 0 Å². The SMILES string of the molecule is CCn1cc(C)c2cc(C)ccc21. The van der Waals surface area contributed by atoms with E-state index in [-0.39, 0.29) is 0 Å². The number of benzene rings is 1. The maximum Gasteiger partial charge on any atom is 0.0483 e. The first-order valence-corrected chi connectivity index (χ1v) is 4.78. The zero-order valence-corrected chi connectivity index (χ0v) is 8.46. The third-order valence-corrected chi connectivity index (χ3v) is 2.58. The average Bonchev–Trinajstić information content (AvgIpc) is 2.43. The fourth-order valence-corrected chi connectivity index (χ4v) is 1.85. The smallest absolute Gasteiger partial charge is 0.0483 e. The van der Waals surface area contributed by atoms with E-state index in [0.717, 1.165) is 6.54 Å². The maximum absolute atomic E-state index is 2.30. The van der Waals surface area contributed by atoms with Crippen LogP contribution < -0.4 is 0 Å². The van der Waals surface area contributed by atoms with Gasteiger partial charge in [-0.05, 0) is 38.5 Å². The molecule has 0 aliphatic carbocycles. The monoisotopic (exact) mass is 173 g/mol. The molecule has 2 rings (SSSR count). The number of nitrogens with zero attached hydrogens (tertiary/aromatic N) is 1. The van der Waals surface area contributed by atoms with Gasteiger partial charge in [-0.15, -0.1) is 0 Å². The molecule has 1 heteroatoms. The molecule has 0 aliphatic rings. The summed E-state index contributed by atoms with van der Waals surface area (Å²) in [5.41, 5.74) is 4.07. The lowest BCUT2D eigenvalue weighted by molar-refractivity contribution is 0.795. The van der Waals surface area contributed by atoms with Crippen LogP contribution in [-0.4, -0.2) is 4.57 Å². The Morgan fingerprint density at radius 2 is 2.00 bits per heavy atom. The predicted molar refractivity (Wildman–Crippen MR) is 57.1 cm³/mol. The van der Waals surface area contributed by atoms with Crippen molar-refractivity contribution in [2.24, 2.45) is 0 Å². The number of aryl methyl sites for hydroxylation is 3. The van der Waals surface area contributed by atoms with Gasteiger partial charge in [-0.25, -0.2) is 0 Å². The van der Waals surface area contributed by atoms with Crippen LogP contribution in [0.4, 0.5) is 0 Å². The van der Waals surface area contributed by atoms with Crippen molar-refractivity contribution >= 4 is 10.9 Å². The summed E-state index contributed by atoms with van der Waals surface area (Å²) in [5, 5.41) is 1.39. The molecule has 1 heterocycles. The third-order valence-electron chi connectivity index (χ3n) is 2.58. The van der Waals surface area contributed by atoms with Gasteiger partial charge < -0.3 is 4.57 Å². The molecule has 13 heavy (non-hydrogen) atoms. The van der Waals surface area contributed by atoms with Gasteiger partial charge >= 0.3 is 0 Å². The predicted octanol–water partition coefficient (Wildman–Crippen LogP) is 3.28. The second kappa shape index (κ2) is 2.91. The molecule has 1 aromatic carbocycles. The lowest BCUT2D eigenvalue weighted by Gasteiger charge is -2.00. The zero-order chi connectivity index (χ0) is 9.42. The van der Waals surface area contributed by atoms with E-state index in [1.165, 1.54) is 22.0 Å². The number of hydrogen-bond acceptors (Lipinski definition) is 0. The number of fused-ring (bicyclic) bond motifs is 1. The minimum Gasteiger partial charge on any atom is -0.347 e. The minimum atomic E-state index is 1.05. The first kappa shape index (κ1) is 8.36. The quantitative estimate of drug-likeness (QED) is 0.623. The van der Waals surface area contributed by atoms with Crippen LogP contribution in [0.25, 0.3) is 10.9 Å². The largest absolute Gasteiger partial charge is 0.347 e. The van der Waals surface area contributed by atoms with E-state index in [4.69, 9.17) is 0 Å². The fraction of sp³-hybridized carbons (Fsp3) is 0.333. The van der Waals surface area contributed by atoms with Crippen LogP contribution in [0.3, 0.4) is 0 Å². The average molecular weight is 173 g/mol. The summed E-state index contributed by atoms with van der Waals surface area (Å²) in [7, 11) is 0. The first-order chi connectivity index (χ1) is 6.22. The van der Waals surface area contributed by atoms with E-state index in [1.54, 1.807) is 0 Å². The Kier molecular flexibility index (Phi) is 1.87. The van der Waals surface area contributed by atoms with Crippen molar-refractivity contribution in [3.8, 4) is 0 Å². The van der Waals surface area contributed by atoms with Crippen LogP contribution in [0.5, 0.6) is 0 Å². The molecular weight excluding hydrogens is 158 g/mol. The minimum absolute atomic E-state index is 1.05. The summed E-state index contributed by atoms with van der Waals surface area (Å²) in [6.45, 7) is 7.54. The highest BCUT2D eigenvalue weighted by molar-refractivity contribution is 5.84. The summed E-state index contributed by atoms with van der Waals surface area (Å²) in [5.74, 6) is 0. The molecule has 2 aromatic rings. The Labute approximate surface area is 79.0 Å². The summed E-state index contributed by atoms with van der Waals surface area (Å²) in [4.78, 5) is 0. The van der Waals surface area contributed by atoms with Crippen LogP contribution in [0, 0.1) is 13.8 Å². The van der Waals surface area contributed by atoms with Crippen LogP contribution >= 0.6 is 0 Å². The Morgan fingerprint density at radius 1 is 1.23 bits per heavy atom. The summed E-state index contributed by atoms with van der Waals surface area (Å²) in [6.07, 6.45) is 2.23. The van der Waals surface area contributed by atoms with Crippen LogP contribution in [-0.2, 0) is 6.54 Å². The molecule has 0 bridgehead atoms. The normalized spacial score (nSPS) is 11.0. The molecule has 68 valence electrons. The molecule has 0 fully saturated rings. The molecule has 0 atom stereocenters. The molecule has 0 spiro atoms. The zero-order valence-electron chi connectivity index (χ0n) is 8.46. The van der Waals surface area contributed by atoms with E-state index in [9.17, 15) is 0 Å². The second-order valence-corrected chi connectivity index (χ2v) is 3.62. The number of hydrogen-bond donors (Lipinski definition) is 0. The topological polar surface area (TPSA) is 4.93 Å². The van der Waals surface area contributed by atoms with Gasteiger partial charge in [-0.2, -0.15) is 0 Å². The van der Waals surface area contributed by atoms with Gasteiger partial charge in [0.1, 0.15) is 0 Å². The standard InChI is InChI=1S/C12H15N/c1-4-13-8-10(3)11-7-9(2)5-6-12(11)13/h5-8H,4H2,1-3H3. The van der Waals surface area contributed by atoms with Crippen LogP contribution in [0.2, 0.25) is 0 Å². The van der Waals surface area contributed by atoms with Crippen molar-refractivity contribution < 1.29 is 0 Å². The van der Waals surface area contributed by atoms with Gasteiger partial charge in [0.2, 0.25) is 0 Å². The molecule has 0 aliphatic heterocycles. The molecule has 0 saturated heterocycles. The highest BCUT2D eigenvalue weighted by Gasteiger charge is 2.02. The van der Waals surface area contributed by atoms with Crippen LogP contribution in [0.1, 0.15) is 18.1 Å². The molecule has 0 unspecified atom stereocenters.